The van der Waals surface area contributed by atoms with Gasteiger partial charge in [0, 0.05) is 29.3 Å². The van der Waals surface area contributed by atoms with Crippen molar-refractivity contribution in [2.45, 2.75) is 82.4 Å². The van der Waals surface area contributed by atoms with Gasteiger partial charge in [-0.05, 0) is 46.5 Å². The van der Waals surface area contributed by atoms with Crippen molar-refractivity contribution in [2.75, 3.05) is 6.61 Å². The van der Waals surface area contributed by atoms with E-state index in [0.29, 0.717) is 18.4 Å². The van der Waals surface area contributed by atoms with E-state index in [1.54, 1.807) is 0 Å². The first-order chi connectivity index (χ1) is 12.5. The van der Waals surface area contributed by atoms with E-state index >= 15 is 0 Å². The number of hydrogen-bond acceptors (Lipinski definition) is 6. The Balaban J connectivity index is 1.98. The third-order valence-electron chi connectivity index (χ3n) is 5.72. The molecule has 151 valence electrons. The molecule has 3 N–H and O–H groups in total. The highest BCUT2D eigenvalue weighted by Crippen LogP contribution is 2.44. The molecule has 0 amide bonds. The van der Waals surface area contributed by atoms with Crippen molar-refractivity contribution in [2.24, 2.45) is 0 Å². The van der Waals surface area contributed by atoms with Crippen molar-refractivity contribution in [3.8, 4) is 0 Å². The van der Waals surface area contributed by atoms with Crippen molar-refractivity contribution < 1.29 is 20.2 Å². The zero-order valence-corrected chi connectivity index (χ0v) is 16.1. The summed E-state index contributed by atoms with van der Waals surface area (Å²) in [6, 6.07) is 0. The van der Waals surface area contributed by atoms with Gasteiger partial charge in [-0.3, -0.25) is 14.3 Å². The number of nitrogens with one attached hydrogen (secondary N) is 1. The average molecular weight is 382 g/mol. The standard InChI is InChI=1S/C18H28N3O6/c1-17(2)6-10(7-18(3,4)21(17)26)11-8-20(16(25)19-15(11)24)14-5-12(23)13(9-22)27-14/h8,10,12-14,22-23H,5-7,9H2,1-4H3,(H,19,24,25)/t12-,13+,14+/m0/s1. The van der Waals surface area contributed by atoms with Crippen molar-refractivity contribution >= 4 is 0 Å². The first kappa shape index (κ1) is 20.2. The lowest BCUT2D eigenvalue weighted by molar-refractivity contribution is -0.289. The molecule has 3 heterocycles. The van der Waals surface area contributed by atoms with Gasteiger partial charge in [-0.25, -0.2) is 4.79 Å². The third-order valence-corrected chi connectivity index (χ3v) is 5.72. The minimum absolute atomic E-state index is 0.145. The Hall–Kier alpha value is -1.52. The Morgan fingerprint density at radius 1 is 1.22 bits per heavy atom. The van der Waals surface area contributed by atoms with Crippen LogP contribution in [0.15, 0.2) is 15.8 Å². The summed E-state index contributed by atoms with van der Waals surface area (Å²) < 4.78 is 6.82. The van der Waals surface area contributed by atoms with Crippen LogP contribution >= 0.6 is 0 Å². The highest BCUT2D eigenvalue weighted by atomic mass is 16.5. The largest absolute Gasteiger partial charge is 0.394 e. The number of aromatic amines is 1. The maximum atomic E-state index is 12.6. The molecule has 0 bridgehead atoms. The Morgan fingerprint density at radius 2 is 1.81 bits per heavy atom. The lowest BCUT2D eigenvalue weighted by atomic mass is 9.73. The minimum atomic E-state index is -0.885. The molecule has 9 nitrogen and oxygen atoms in total. The monoisotopic (exact) mass is 382 g/mol. The molecule has 1 aromatic heterocycles. The van der Waals surface area contributed by atoms with Crippen LogP contribution in [0.4, 0.5) is 0 Å². The molecule has 2 aliphatic rings. The molecule has 3 atom stereocenters. The topological polar surface area (TPSA) is 128 Å². The van der Waals surface area contributed by atoms with Gasteiger partial charge in [0.2, 0.25) is 0 Å². The number of ether oxygens (including phenoxy) is 1. The van der Waals surface area contributed by atoms with E-state index in [9.17, 15) is 25.0 Å². The van der Waals surface area contributed by atoms with E-state index in [1.807, 2.05) is 27.7 Å². The molecule has 0 saturated carbocycles. The zero-order valence-electron chi connectivity index (χ0n) is 16.1. The Bertz CT molecular complexity index is 796. The van der Waals surface area contributed by atoms with Gasteiger partial charge in [-0.15, -0.1) is 10.3 Å². The summed E-state index contributed by atoms with van der Waals surface area (Å²) >= 11 is 0. The highest BCUT2D eigenvalue weighted by Gasteiger charge is 2.47. The van der Waals surface area contributed by atoms with E-state index in [1.165, 1.54) is 10.8 Å². The van der Waals surface area contributed by atoms with Crippen molar-refractivity contribution in [3.05, 3.63) is 32.6 Å². The first-order valence-corrected chi connectivity index (χ1v) is 9.23. The molecule has 0 aromatic carbocycles. The summed E-state index contributed by atoms with van der Waals surface area (Å²) in [4.78, 5) is 27.1. The quantitative estimate of drug-likeness (QED) is 0.688. The van der Waals surface area contributed by atoms with Gasteiger partial charge in [0.25, 0.3) is 5.56 Å². The lowest BCUT2D eigenvalue weighted by Gasteiger charge is -2.49. The smallest absolute Gasteiger partial charge is 0.330 e. The summed E-state index contributed by atoms with van der Waals surface area (Å²) in [5.74, 6) is -0.198. The fourth-order valence-corrected chi connectivity index (χ4v) is 4.54. The van der Waals surface area contributed by atoms with Crippen LogP contribution in [0.25, 0.3) is 0 Å². The second kappa shape index (κ2) is 6.82. The number of piperidine rings is 1. The van der Waals surface area contributed by atoms with E-state index in [4.69, 9.17) is 4.74 Å². The lowest BCUT2D eigenvalue weighted by Crippen LogP contribution is -2.58. The van der Waals surface area contributed by atoms with Crippen LogP contribution in [0.5, 0.6) is 0 Å². The number of nitrogens with zero attached hydrogens (tertiary/aromatic N) is 2. The summed E-state index contributed by atoms with van der Waals surface area (Å²) in [6.45, 7) is 7.04. The van der Waals surface area contributed by atoms with Gasteiger partial charge in [-0.2, -0.15) is 0 Å². The van der Waals surface area contributed by atoms with E-state index in [2.05, 4.69) is 4.98 Å². The predicted octanol–water partition coefficient (Wildman–Crippen LogP) is 0.259. The zero-order chi connectivity index (χ0) is 20.1. The third kappa shape index (κ3) is 3.62. The normalized spacial score (nSPS) is 31.3. The molecule has 9 heteroatoms. The molecule has 1 radical (unpaired) electrons. The molecule has 2 fully saturated rings. The number of hydroxylamine groups is 2. The summed E-state index contributed by atoms with van der Waals surface area (Å²) in [6.07, 6.45) is 0.175. The Kier molecular flexibility index (Phi) is 5.11. The van der Waals surface area contributed by atoms with Crippen LogP contribution in [0, 0.1) is 0 Å². The second-order valence-corrected chi connectivity index (χ2v) is 8.89. The number of aliphatic hydroxyl groups is 2. The molecular formula is C18H28N3O6. The van der Waals surface area contributed by atoms with E-state index < -0.39 is 40.8 Å². The van der Waals surface area contributed by atoms with Crippen molar-refractivity contribution in [1.29, 1.82) is 0 Å². The van der Waals surface area contributed by atoms with Crippen LogP contribution in [0.2, 0.25) is 0 Å². The maximum absolute atomic E-state index is 12.6. The van der Waals surface area contributed by atoms with Crippen molar-refractivity contribution in [1.82, 2.24) is 14.6 Å². The summed E-state index contributed by atoms with van der Waals surface area (Å²) in [5, 5.41) is 32.8. The summed E-state index contributed by atoms with van der Waals surface area (Å²) in [7, 11) is 0. The number of rotatable bonds is 3. The van der Waals surface area contributed by atoms with Crippen LogP contribution in [0.1, 0.15) is 64.7 Å². The predicted molar refractivity (Wildman–Crippen MR) is 95.6 cm³/mol. The molecule has 3 rings (SSSR count). The molecule has 0 spiro atoms. The van der Waals surface area contributed by atoms with Crippen LogP contribution in [-0.4, -0.2) is 54.7 Å². The fraction of sp³-hybridized carbons (Fsp3) is 0.778. The number of aliphatic hydroxyl groups excluding tert-OH is 2. The Labute approximate surface area is 157 Å². The molecule has 2 saturated heterocycles. The SMILES string of the molecule is CC1(C)CC(c2cn([C@H]3C[C@H](O)[C@@H](CO)O3)c(=O)[nH]c2=O)CC(C)(C)N1[O]. The summed E-state index contributed by atoms with van der Waals surface area (Å²) in [5.41, 5.74) is -1.97. The van der Waals surface area contributed by atoms with Gasteiger partial charge in [0.05, 0.1) is 12.7 Å². The maximum Gasteiger partial charge on any atom is 0.330 e. The Morgan fingerprint density at radius 3 is 2.33 bits per heavy atom. The van der Waals surface area contributed by atoms with E-state index in [0.717, 1.165) is 5.06 Å². The fourth-order valence-electron chi connectivity index (χ4n) is 4.54. The van der Waals surface area contributed by atoms with Gasteiger partial charge >= 0.3 is 5.69 Å². The number of H-pyrrole nitrogens is 1. The molecule has 2 aliphatic heterocycles. The first-order valence-electron chi connectivity index (χ1n) is 9.23. The van der Waals surface area contributed by atoms with Crippen LogP contribution < -0.4 is 11.2 Å². The van der Waals surface area contributed by atoms with E-state index in [-0.39, 0.29) is 18.9 Å². The molecule has 0 unspecified atom stereocenters. The molecule has 27 heavy (non-hydrogen) atoms. The van der Waals surface area contributed by atoms with Gasteiger partial charge < -0.3 is 14.9 Å². The van der Waals surface area contributed by atoms with Gasteiger partial charge in [0.15, 0.2) is 0 Å². The average Bonchev–Trinajstić information content (AvgIpc) is 2.92. The van der Waals surface area contributed by atoms with Gasteiger partial charge in [-0.1, -0.05) is 0 Å². The molecular weight excluding hydrogens is 354 g/mol. The molecule has 0 aliphatic carbocycles. The molecule has 1 aromatic rings. The number of aromatic nitrogens is 2. The highest BCUT2D eigenvalue weighted by molar-refractivity contribution is 5.17. The second-order valence-electron chi connectivity index (χ2n) is 8.89. The number of hydrogen-bond donors (Lipinski definition) is 3. The van der Waals surface area contributed by atoms with Crippen molar-refractivity contribution in [3.63, 3.8) is 0 Å². The van der Waals surface area contributed by atoms with Crippen LogP contribution in [0.3, 0.4) is 0 Å². The van der Waals surface area contributed by atoms with Gasteiger partial charge in [0.1, 0.15) is 12.3 Å². The van der Waals surface area contributed by atoms with Crippen LogP contribution in [-0.2, 0) is 9.94 Å². The minimum Gasteiger partial charge on any atom is -0.394 e.